The van der Waals surface area contributed by atoms with Gasteiger partial charge in [-0.25, -0.2) is 4.68 Å². The fourth-order valence-corrected chi connectivity index (χ4v) is 3.42. The molecule has 0 saturated heterocycles. The van der Waals surface area contributed by atoms with Crippen LogP contribution in [0.4, 0.5) is 0 Å². The Morgan fingerprint density at radius 3 is 2.65 bits per heavy atom. The third-order valence-corrected chi connectivity index (χ3v) is 5.41. The molecule has 2 atom stereocenters. The van der Waals surface area contributed by atoms with E-state index in [1.54, 1.807) is 4.68 Å². The van der Waals surface area contributed by atoms with Crippen LogP contribution in [0.5, 0.6) is 0 Å². The molecule has 0 spiro atoms. The van der Waals surface area contributed by atoms with Crippen LogP contribution in [-0.2, 0) is 16.1 Å². The fourth-order valence-electron chi connectivity index (χ4n) is 3.42. The molecule has 0 bridgehead atoms. The standard InChI is InChI=1S/C15H26N6O2/c1-5-16-12(22)11-6-7-15(4,14(11,2)3)13(23)17-8-9-21-10-18-19-20-21/h10-11H,5-9H2,1-4H3,(H,16,22)(H,17,23)/t11-,15+/m1/s1. The largest absolute Gasteiger partial charge is 0.356 e. The molecule has 0 radical (unpaired) electrons. The molecule has 0 aromatic carbocycles. The second-order valence-electron chi connectivity index (χ2n) is 6.87. The molecule has 8 nitrogen and oxygen atoms in total. The number of amides is 2. The number of rotatable bonds is 6. The molecule has 1 fully saturated rings. The van der Waals surface area contributed by atoms with E-state index in [9.17, 15) is 9.59 Å². The number of hydrogen-bond acceptors (Lipinski definition) is 5. The van der Waals surface area contributed by atoms with Gasteiger partial charge in [-0.3, -0.25) is 9.59 Å². The maximum atomic E-state index is 12.7. The molecule has 1 aromatic rings. The first kappa shape index (κ1) is 17.4. The number of nitrogens with zero attached hydrogens (tertiary/aromatic N) is 4. The zero-order valence-electron chi connectivity index (χ0n) is 14.3. The summed E-state index contributed by atoms with van der Waals surface area (Å²) in [6, 6.07) is 0. The molecule has 1 aromatic heterocycles. The van der Waals surface area contributed by atoms with Crippen LogP contribution in [0.15, 0.2) is 6.33 Å². The van der Waals surface area contributed by atoms with E-state index in [4.69, 9.17) is 0 Å². The van der Waals surface area contributed by atoms with Crippen LogP contribution in [0.2, 0.25) is 0 Å². The van der Waals surface area contributed by atoms with Gasteiger partial charge in [0.25, 0.3) is 0 Å². The van der Waals surface area contributed by atoms with Gasteiger partial charge in [-0.2, -0.15) is 0 Å². The van der Waals surface area contributed by atoms with Crippen LogP contribution >= 0.6 is 0 Å². The summed E-state index contributed by atoms with van der Waals surface area (Å²) in [7, 11) is 0. The molecule has 2 rings (SSSR count). The molecule has 1 aliphatic rings. The van der Waals surface area contributed by atoms with Crippen LogP contribution in [0.25, 0.3) is 0 Å². The van der Waals surface area contributed by atoms with Gasteiger partial charge >= 0.3 is 0 Å². The smallest absolute Gasteiger partial charge is 0.226 e. The van der Waals surface area contributed by atoms with Crippen molar-refractivity contribution in [3.8, 4) is 0 Å². The van der Waals surface area contributed by atoms with Crippen molar-refractivity contribution in [2.75, 3.05) is 13.1 Å². The van der Waals surface area contributed by atoms with E-state index in [0.29, 0.717) is 26.1 Å². The summed E-state index contributed by atoms with van der Waals surface area (Å²) < 4.78 is 1.57. The minimum atomic E-state index is -0.566. The summed E-state index contributed by atoms with van der Waals surface area (Å²) >= 11 is 0. The van der Waals surface area contributed by atoms with E-state index in [1.165, 1.54) is 6.33 Å². The summed E-state index contributed by atoms with van der Waals surface area (Å²) in [6.07, 6.45) is 2.95. The molecule has 0 aliphatic heterocycles. The first-order chi connectivity index (χ1) is 10.8. The minimum Gasteiger partial charge on any atom is -0.356 e. The van der Waals surface area contributed by atoms with Gasteiger partial charge in [0, 0.05) is 19.0 Å². The second-order valence-corrected chi connectivity index (χ2v) is 6.87. The van der Waals surface area contributed by atoms with Crippen molar-refractivity contribution in [3.05, 3.63) is 6.33 Å². The fraction of sp³-hybridized carbons (Fsp3) is 0.800. The normalized spacial score (nSPS) is 26.0. The lowest BCUT2D eigenvalue weighted by atomic mass is 9.65. The van der Waals surface area contributed by atoms with E-state index in [1.807, 2.05) is 27.7 Å². The molecule has 23 heavy (non-hydrogen) atoms. The van der Waals surface area contributed by atoms with Gasteiger partial charge in [-0.1, -0.05) is 20.8 Å². The molecule has 128 valence electrons. The molecule has 2 amide bonds. The van der Waals surface area contributed by atoms with E-state index in [2.05, 4.69) is 26.2 Å². The Bertz CT molecular complexity index is 556. The Hall–Kier alpha value is -1.99. The van der Waals surface area contributed by atoms with Crippen LogP contribution in [0.3, 0.4) is 0 Å². The van der Waals surface area contributed by atoms with Crippen molar-refractivity contribution in [2.45, 2.75) is 47.1 Å². The molecular weight excluding hydrogens is 296 g/mol. The van der Waals surface area contributed by atoms with Crippen molar-refractivity contribution in [2.24, 2.45) is 16.7 Å². The van der Waals surface area contributed by atoms with Gasteiger partial charge in [0.2, 0.25) is 11.8 Å². The molecule has 1 saturated carbocycles. The maximum Gasteiger partial charge on any atom is 0.226 e. The van der Waals surface area contributed by atoms with E-state index in [-0.39, 0.29) is 17.7 Å². The number of carbonyl (C=O) groups excluding carboxylic acids is 2. The Balaban J connectivity index is 1.99. The first-order valence-corrected chi connectivity index (χ1v) is 8.09. The Morgan fingerprint density at radius 2 is 2.04 bits per heavy atom. The maximum absolute atomic E-state index is 12.7. The predicted molar refractivity (Wildman–Crippen MR) is 84.1 cm³/mol. The van der Waals surface area contributed by atoms with Crippen molar-refractivity contribution in [3.63, 3.8) is 0 Å². The average Bonchev–Trinajstić information content (AvgIpc) is 3.07. The zero-order valence-corrected chi connectivity index (χ0v) is 14.3. The van der Waals surface area contributed by atoms with Gasteiger partial charge in [0.1, 0.15) is 6.33 Å². The lowest BCUT2D eigenvalue weighted by molar-refractivity contribution is -0.138. The summed E-state index contributed by atoms with van der Waals surface area (Å²) in [4.78, 5) is 25.0. The van der Waals surface area contributed by atoms with E-state index < -0.39 is 10.8 Å². The monoisotopic (exact) mass is 322 g/mol. The highest BCUT2D eigenvalue weighted by Crippen LogP contribution is 2.56. The topological polar surface area (TPSA) is 102 Å². The third-order valence-electron chi connectivity index (χ3n) is 5.41. The van der Waals surface area contributed by atoms with Gasteiger partial charge < -0.3 is 10.6 Å². The quantitative estimate of drug-likeness (QED) is 0.788. The summed E-state index contributed by atoms with van der Waals surface area (Å²) in [5.41, 5.74) is -0.964. The number of hydrogen-bond donors (Lipinski definition) is 2. The Labute approximate surface area is 136 Å². The van der Waals surface area contributed by atoms with Gasteiger partial charge in [-0.05, 0) is 35.6 Å². The summed E-state index contributed by atoms with van der Waals surface area (Å²) in [6.45, 7) is 9.49. The zero-order chi connectivity index (χ0) is 17.1. The van der Waals surface area contributed by atoms with Gasteiger partial charge in [-0.15, -0.1) is 5.10 Å². The molecule has 0 unspecified atom stereocenters. The second kappa shape index (κ2) is 6.64. The summed E-state index contributed by atoms with van der Waals surface area (Å²) in [5.74, 6) is -0.109. The average molecular weight is 322 g/mol. The van der Waals surface area contributed by atoms with Crippen LogP contribution in [0.1, 0.15) is 40.5 Å². The van der Waals surface area contributed by atoms with Gasteiger partial charge in [0.05, 0.1) is 12.0 Å². The molecular formula is C15H26N6O2. The molecule has 1 heterocycles. The van der Waals surface area contributed by atoms with E-state index >= 15 is 0 Å². The van der Waals surface area contributed by atoms with Gasteiger partial charge in [0.15, 0.2) is 0 Å². The number of nitrogens with one attached hydrogen (secondary N) is 2. The molecule has 1 aliphatic carbocycles. The first-order valence-electron chi connectivity index (χ1n) is 8.09. The number of tetrazole rings is 1. The Morgan fingerprint density at radius 1 is 1.30 bits per heavy atom. The Kier molecular flexibility index (Phi) is 5.01. The summed E-state index contributed by atoms with van der Waals surface area (Å²) in [5, 5.41) is 16.7. The highest BCUT2D eigenvalue weighted by molar-refractivity contribution is 5.87. The lowest BCUT2D eigenvalue weighted by Crippen LogP contribution is -2.50. The lowest BCUT2D eigenvalue weighted by Gasteiger charge is -2.39. The van der Waals surface area contributed by atoms with Crippen molar-refractivity contribution in [1.82, 2.24) is 30.8 Å². The molecule has 2 N–H and O–H groups in total. The molecule has 8 heteroatoms. The van der Waals surface area contributed by atoms with Crippen molar-refractivity contribution < 1.29 is 9.59 Å². The predicted octanol–water partition coefficient (Wildman–Crippen LogP) is 0.368. The van der Waals surface area contributed by atoms with Crippen LogP contribution in [-0.4, -0.2) is 45.1 Å². The number of aromatic nitrogens is 4. The van der Waals surface area contributed by atoms with Crippen LogP contribution < -0.4 is 10.6 Å². The highest BCUT2D eigenvalue weighted by atomic mass is 16.2. The van der Waals surface area contributed by atoms with Crippen molar-refractivity contribution in [1.29, 1.82) is 0 Å². The third kappa shape index (κ3) is 3.20. The highest BCUT2D eigenvalue weighted by Gasteiger charge is 2.57. The van der Waals surface area contributed by atoms with E-state index in [0.717, 1.165) is 6.42 Å². The number of carbonyl (C=O) groups is 2. The van der Waals surface area contributed by atoms with Crippen LogP contribution in [0, 0.1) is 16.7 Å². The van der Waals surface area contributed by atoms with Crippen molar-refractivity contribution >= 4 is 11.8 Å². The minimum absolute atomic E-state index is 0.0117. The SMILES string of the molecule is CCNC(=O)[C@H]1CC[C@@](C)(C(=O)NCCn2cnnn2)C1(C)C.